The van der Waals surface area contributed by atoms with E-state index >= 15 is 0 Å². The number of nitrogens with two attached hydrogens (primary N) is 1. The normalized spacial score (nSPS) is 46.7. The Balaban J connectivity index is 1.91. The van der Waals surface area contributed by atoms with E-state index in [9.17, 15) is 4.79 Å². The summed E-state index contributed by atoms with van der Waals surface area (Å²) in [5.74, 6) is 0.490. The van der Waals surface area contributed by atoms with Crippen molar-refractivity contribution in [1.82, 2.24) is 5.32 Å². The fraction of sp³-hybridized carbons (Fsp3) is 0.875. The highest BCUT2D eigenvalue weighted by Gasteiger charge is 2.63. The second kappa shape index (κ2) is 1.97. The lowest BCUT2D eigenvalue weighted by Gasteiger charge is -2.33. The molecule has 1 spiro atoms. The van der Waals surface area contributed by atoms with E-state index in [1.54, 1.807) is 7.05 Å². The summed E-state index contributed by atoms with van der Waals surface area (Å²) in [5, 5.41) is 2.69. The van der Waals surface area contributed by atoms with E-state index in [4.69, 9.17) is 5.73 Å². The van der Waals surface area contributed by atoms with Crippen LogP contribution in [0.15, 0.2) is 0 Å². The van der Waals surface area contributed by atoms with Crippen molar-refractivity contribution < 1.29 is 4.79 Å². The van der Waals surface area contributed by atoms with Gasteiger partial charge in [-0.05, 0) is 24.7 Å². The lowest BCUT2D eigenvalue weighted by Crippen LogP contribution is -2.40. The number of rotatable bonds is 1. The average molecular weight is 154 g/mol. The molecule has 3 nitrogen and oxygen atoms in total. The summed E-state index contributed by atoms with van der Waals surface area (Å²) in [6, 6.07) is 0.365. The highest BCUT2D eigenvalue weighted by atomic mass is 16.2. The molecule has 2 aliphatic carbocycles. The van der Waals surface area contributed by atoms with E-state index in [-0.39, 0.29) is 11.8 Å². The summed E-state index contributed by atoms with van der Waals surface area (Å²) in [6.07, 6.45) is 3.19. The van der Waals surface area contributed by atoms with E-state index in [0.29, 0.717) is 11.5 Å². The molecule has 0 heterocycles. The third kappa shape index (κ3) is 0.872. The SMILES string of the molecule is CNC(=O)C1CC12CC(N)C2. The molecule has 1 amide bonds. The first-order chi connectivity index (χ1) is 5.18. The molecular formula is C8H14N2O. The van der Waals surface area contributed by atoms with Crippen LogP contribution in [-0.4, -0.2) is 19.0 Å². The van der Waals surface area contributed by atoms with Crippen molar-refractivity contribution in [3.8, 4) is 0 Å². The van der Waals surface area contributed by atoms with Crippen LogP contribution in [0.25, 0.3) is 0 Å². The maximum atomic E-state index is 11.1. The number of hydrogen-bond acceptors (Lipinski definition) is 2. The second-order valence-corrected chi connectivity index (χ2v) is 3.90. The van der Waals surface area contributed by atoms with Gasteiger partial charge in [-0.1, -0.05) is 0 Å². The molecule has 0 aliphatic heterocycles. The highest BCUT2D eigenvalue weighted by molar-refractivity contribution is 5.82. The molecule has 0 radical (unpaired) electrons. The summed E-state index contributed by atoms with van der Waals surface area (Å²) in [4.78, 5) is 11.1. The molecule has 0 bridgehead atoms. The summed E-state index contributed by atoms with van der Waals surface area (Å²) in [6.45, 7) is 0. The van der Waals surface area contributed by atoms with E-state index < -0.39 is 0 Å². The monoisotopic (exact) mass is 154 g/mol. The molecule has 2 rings (SSSR count). The van der Waals surface area contributed by atoms with Crippen LogP contribution in [0.2, 0.25) is 0 Å². The Morgan fingerprint density at radius 2 is 2.18 bits per heavy atom. The van der Waals surface area contributed by atoms with Crippen LogP contribution < -0.4 is 11.1 Å². The van der Waals surface area contributed by atoms with Gasteiger partial charge < -0.3 is 11.1 Å². The third-order valence-electron chi connectivity index (χ3n) is 3.09. The fourth-order valence-corrected chi connectivity index (χ4v) is 2.33. The number of hydrogen-bond donors (Lipinski definition) is 2. The van der Waals surface area contributed by atoms with Crippen molar-refractivity contribution in [2.45, 2.75) is 25.3 Å². The van der Waals surface area contributed by atoms with Crippen LogP contribution in [0.5, 0.6) is 0 Å². The molecule has 0 aromatic rings. The maximum absolute atomic E-state index is 11.1. The quantitative estimate of drug-likeness (QED) is 0.552. The van der Waals surface area contributed by atoms with Crippen LogP contribution in [0.3, 0.4) is 0 Å². The number of carbonyl (C=O) groups excluding carboxylic acids is 1. The van der Waals surface area contributed by atoms with Crippen molar-refractivity contribution in [2.24, 2.45) is 17.1 Å². The van der Waals surface area contributed by atoms with Crippen LogP contribution in [0.1, 0.15) is 19.3 Å². The van der Waals surface area contributed by atoms with Gasteiger partial charge in [-0.3, -0.25) is 4.79 Å². The maximum Gasteiger partial charge on any atom is 0.223 e. The first kappa shape index (κ1) is 7.10. The Bertz CT molecular complexity index is 196. The molecule has 3 heteroatoms. The van der Waals surface area contributed by atoms with Crippen molar-refractivity contribution in [3.63, 3.8) is 0 Å². The molecule has 2 aliphatic rings. The first-order valence-corrected chi connectivity index (χ1v) is 4.15. The van der Waals surface area contributed by atoms with Gasteiger partial charge in [0.05, 0.1) is 0 Å². The van der Waals surface area contributed by atoms with Crippen LogP contribution in [0.4, 0.5) is 0 Å². The van der Waals surface area contributed by atoms with Gasteiger partial charge in [0.15, 0.2) is 0 Å². The molecule has 0 aromatic heterocycles. The van der Waals surface area contributed by atoms with Gasteiger partial charge >= 0.3 is 0 Å². The average Bonchev–Trinajstić information content (AvgIpc) is 2.61. The van der Waals surface area contributed by atoms with E-state index in [0.717, 1.165) is 19.3 Å². The molecule has 0 aromatic carbocycles. The zero-order valence-electron chi connectivity index (χ0n) is 6.76. The van der Waals surface area contributed by atoms with Crippen LogP contribution in [0, 0.1) is 11.3 Å². The fourth-order valence-electron chi connectivity index (χ4n) is 2.33. The Kier molecular flexibility index (Phi) is 1.27. The lowest BCUT2D eigenvalue weighted by atomic mass is 9.75. The zero-order valence-corrected chi connectivity index (χ0v) is 6.76. The number of carbonyl (C=O) groups is 1. The molecule has 2 fully saturated rings. The molecule has 3 N–H and O–H groups in total. The molecular weight excluding hydrogens is 140 g/mol. The molecule has 2 saturated carbocycles. The van der Waals surface area contributed by atoms with Gasteiger partial charge in [0, 0.05) is 19.0 Å². The lowest BCUT2D eigenvalue weighted by molar-refractivity contribution is -0.123. The van der Waals surface area contributed by atoms with Gasteiger partial charge in [0.1, 0.15) is 0 Å². The van der Waals surface area contributed by atoms with Crippen molar-refractivity contribution >= 4 is 5.91 Å². The predicted octanol–water partition coefficient (Wildman–Crippen LogP) is -0.140. The minimum absolute atomic E-state index is 0.205. The van der Waals surface area contributed by atoms with Gasteiger partial charge in [0.2, 0.25) is 5.91 Å². The smallest absolute Gasteiger partial charge is 0.223 e. The molecule has 1 atom stereocenters. The Hall–Kier alpha value is -0.570. The molecule has 62 valence electrons. The van der Waals surface area contributed by atoms with Crippen LogP contribution >= 0.6 is 0 Å². The first-order valence-electron chi connectivity index (χ1n) is 4.15. The molecule has 11 heavy (non-hydrogen) atoms. The predicted molar refractivity (Wildman–Crippen MR) is 41.8 cm³/mol. The van der Waals surface area contributed by atoms with E-state index in [2.05, 4.69) is 5.32 Å². The second-order valence-electron chi connectivity index (χ2n) is 3.90. The van der Waals surface area contributed by atoms with Crippen LogP contribution in [-0.2, 0) is 4.79 Å². The Morgan fingerprint density at radius 3 is 2.64 bits per heavy atom. The largest absolute Gasteiger partial charge is 0.359 e. The van der Waals surface area contributed by atoms with E-state index in [1.807, 2.05) is 0 Å². The topological polar surface area (TPSA) is 55.1 Å². The standard InChI is InChI=1S/C8H14N2O/c1-10-7(11)6-4-8(6)2-5(9)3-8/h5-6H,2-4,9H2,1H3,(H,10,11). The molecule has 1 unspecified atom stereocenters. The van der Waals surface area contributed by atoms with Crippen molar-refractivity contribution in [3.05, 3.63) is 0 Å². The summed E-state index contributed by atoms with van der Waals surface area (Å²) in [7, 11) is 1.70. The zero-order chi connectivity index (χ0) is 8.06. The minimum atomic E-state index is 0.205. The summed E-state index contributed by atoms with van der Waals surface area (Å²) in [5.41, 5.74) is 6.01. The minimum Gasteiger partial charge on any atom is -0.359 e. The summed E-state index contributed by atoms with van der Waals surface area (Å²) < 4.78 is 0. The van der Waals surface area contributed by atoms with Gasteiger partial charge in [-0.2, -0.15) is 0 Å². The van der Waals surface area contributed by atoms with Gasteiger partial charge in [-0.25, -0.2) is 0 Å². The number of nitrogens with one attached hydrogen (secondary N) is 1. The summed E-state index contributed by atoms with van der Waals surface area (Å²) >= 11 is 0. The molecule has 0 saturated heterocycles. The third-order valence-corrected chi connectivity index (χ3v) is 3.09. The Labute approximate surface area is 66.3 Å². The van der Waals surface area contributed by atoms with Gasteiger partial charge in [0.25, 0.3) is 0 Å². The van der Waals surface area contributed by atoms with Gasteiger partial charge in [-0.15, -0.1) is 0 Å². The number of amides is 1. The Morgan fingerprint density at radius 1 is 1.55 bits per heavy atom. The van der Waals surface area contributed by atoms with E-state index in [1.165, 1.54) is 0 Å². The van der Waals surface area contributed by atoms with Crippen molar-refractivity contribution in [1.29, 1.82) is 0 Å². The highest BCUT2D eigenvalue weighted by Crippen LogP contribution is 2.64. The van der Waals surface area contributed by atoms with Crippen molar-refractivity contribution in [2.75, 3.05) is 7.05 Å².